The van der Waals surface area contributed by atoms with Gasteiger partial charge in [0.1, 0.15) is 6.54 Å². The van der Waals surface area contributed by atoms with Crippen LogP contribution in [0, 0.1) is 6.92 Å². The monoisotopic (exact) mass is 423 g/mol. The van der Waals surface area contributed by atoms with Crippen LogP contribution in [0.5, 0.6) is 0 Å². The molecule has 3 heterocycles. The van der Waals surface area contributed by atoms with Gasteiger partial charge in [-0.25, -0.2) is 4.98 Å². The van der Waals surface area contributed by atoms with Gasteiger partial charge in [0.2, 0.25) is 5.91 Å². The molecule has 164 valence electrons. The van der Waals surface area contributed by atoms with Crippen LogP contribution in [0.15, 0.2) is 59.8 Å². The molecule has 0 aliphatic heterocycles. The van der Waals surface area contributed by atoms with Gasteiger partial charge in [0, 0.05) is 53.0 Å². The molecule has 9 heteroatoms. The zero-order chi connectivity index (χ0) is 21.6. The summed E-state index contributed by atoms with van der Waals surface area (Å²) < 4.78 is 1.42. The largest absolute Gasteiger partial charge is 0.365 e. The van der Waals surface area contributed by atoms with Crippen LogP contribution in [-0.4, -0.2) is 37.2 Å². The van der Waals surface area contributed by atoms with E-state index in [0.717, 1.165) is 22.2 Å². The van der Waals surface area contributed by atoms with E-state index < -0.39 is 0 Å². The van der Waals surface area contributed by atoms with Gasteiger partial charge in [-0.3, -0.25) is 24.2 Å². The van der Waals surface area contributed by atoms with Gasteiger partial charge in [0.15, 0.2) is 5.82 Å². The van der Waals surface area contributed by atoms with E-state index in [9.17, 15) is 9.59 Å². The molecule has 9 nitrogen and oxygen atoms in total. The first-order valence-corrected chi connectivity index (χ1v) is 9.99. The van der Waals surface area contributed by atoms with Crippen molar-refractivity contribution in [3.05, 3.63) is 82.3 Å². The summed E-state index contributed by atoms with van der Waals surface area (Å²) in [6.45, 7) is 2.57. The first kappa shape index (κ1) is 20.3. The van der Waals surface area contributed by atoms with E-state index in [2.05, 4.69) is 30.8 Å². The lowest BCUT2D eigenvalue weighted by Crippen LogP contribution is -2.34. The summed E-state index contributed by atoms with van der Waals surface area (Å²) in [6, 6.07) is 11.5. The van der Waals surface area contributed by atoms with Gasteiger partial charge in [-0.05, 0) is 36.8 Å². The first-order valence-electron chi connectivity index (χ1n) is 9.99. The molecule has 0 aliphatic rings. The molecule has 0 unspecified atom stereocenters. The fourth-order valence-corrected chi connectivity index (χ4v) is 3.25. The number of H-pyrrole nitrogens is 1. The van der Waals surface area contributed by atoms with Crippen LogP contribution in [0.4, 0.5) is 5.82 Å². The second-order valence-electron chi connectivity index (χ2n) is 7.21. The Kier molecular flexibility index (Phi) is 6.02. The third-order valence-electron chi connectivity index (χ3n) is 4.95. The third kappa shape index (κ3) is 4.95. The smallest absolute Gasteiger partial charge is 0.293 e. The van der Waals surface area contributed by atoms with Gasteiger partial charge >= 0.3 is 0 Å². The fourth-order valence-electron chi connectivity index (χ4n) is 3.25. The summed E-state index contributed by atoms with van der Waals surface area (Å²) in [5, 5.41) is 13.8. The number of aromatic amines is 1. The Morgan fingerprint density at radius 1 is 1.19 bits per heavy atom. The van der Waals surface area contributed by atoms with E-state index in [1.165, 1.54) is 4.57 Å². The maximum absolute atomic E-state index is 12.8. The molecule has 0 radical (unpaired) electrons. The minimum atomic E-state index is -0.323. The molecule has 1 aromatic carbocycles. The molecular formula is C22H29N7O2. The molecule has 31 heavy (non-hydrogen) atoms. The minimum absolute atomic E-state index is 0. The zero-order valence-corrected chi connectivity index (χ0v) is 17.1. The number of aryl methyl sites for hydroxylation is 1. The van der Waals surface area contributed by atoms with E-state index in [4.69, 9.17) is 0 Å². The van der Waals surface area contributed by atoms with Gasteiger partial charge in [0.05, 0.1) is 11.7 Å². The quantitative estimate of drug-likeness (QED) is 0.401. The normalized spacial score (nSPS) is 10.9. The molecule has 0 saturated heterocycles. The number of aromatic nitrogens is 5. The van der Waals surface area contributed by atoms with Crippen molar-refractivity contribution < 1.29 is 9.07 Å². The molecular weight excluding hydrogens is 394 g/mol. The van der Waals surface area contributed by atoms with E-state index >= 15 is 0 Å². The van der Waals surface area contributed by atoms with Gasteiger partial charge in [-0.15, -0.1) is 0 Å². The lowest BCUT2D eigenvalue weighted by molar-refractivity contribution is -0.121. The van der Waals surface area contributed by atoms with Gasteiger partial charge in [-0.1, -0.05) is 12.1 Å². The summed E-state index contributed by atoms with van der Waals surface area (Å²) in [5.41, 5.74) is 3.12. The number of amides is 1. The van der Waals surface area contributed by atoms with E-state index in [1.807, 2.05) is 36.4 Å². The van der Waals surface area contributed by atoms with Gasteiger partial charge < -0.3 is 10.6 Å². The molecule has 0 saturated carbocycles. The third-order valence-corrected chi connectivity index (χ3v) is 4.95. The Morgan fingerprint density at radius 2 is 2.10 bits per heavy atom. The number of benzene rings is 1. The van der Waals surface area contributed by atoms with E-state index in [0.29, 0.717) is 25.2 Å². The Hall–Kier alpha value is -4.01. The number of hydrogen-bond acceptors (Lipinski definition) is 6. The second kappa shape index (κ2) is 9.21. The fraction of sp³-hybridized carbons (Fsp3) is 0.227. The second-order valence-corrected chi connectivity index (χ2v) is 7.21. The number of nitrogens with one attached hydrogen (secondary N) is 3. The number of rotatable bonds is 8. The Bertz CT molecular complexity index is 1260. The number of carbonyl (C=O) groups excluding carboxylic acids is 1. The molecule has 0 spiro atoms. The predicted octanol–water partition coefficient (Wildman–Crippen LogP) is 2.53. The zero-order valence-electron chi connectivity index (χ0n) is 17.1. The van der Waals surface area contributed by atoms with Crippen molar-refractivity contribution in [1.82, 2.24) is 30.0 Å². The highest BCUT2D eigenvalue weighted by molar-refractivity contribution is 5.79. The summed E-state index contributed by atoms with van der Waals surface area (Å²) in [6.07, 6.45) is 5.73. The summed E-state index contributed by atoms with van der Waals surface area (Å²) in [5.74, 6) is -0.0251. The number of fused-ring (bicyclic) bond motifs is 1. The number of anilines is 1. The SMILES string of the molecule is Cc1cnc(NCCc2ccccn2)c(=O)n1CC(=O)NCc1ccc2[nH]ncc2c1.[HH].[HH].[HH]. The maximum atomic E-state index is 12.8. The molecule has 0 atom stereocenters. The Balaban J connectivity index is 0.00000193. The average molecular weight is 424 g/mol. The van der Waals surface area contributed by atoms with Crippen LogP contribution in [0.2, 0.25) is 0 Å². The molecule has 0 bridgehead atoms. The molecule has 3 N–H and O–H groups in total. The van der Waals surface area contributed by atoms with Crippen LogP contribution in [0.3, 0.4) is 0 Å². The lowest BCUT2D eigenvalue weighted by atomic mass is 10.1. The minimum Gasteiger partial charge on any atom is -0.365 e. The van der Waals surface area contributed by atoms with Crippen molar-refractivity contribution in [1.29, 1.82) is 0 Å². The number of carbonyl (C=O) groups is 1. The molecule has 1 amide bonds. The van der Waals surface area contributed by atoms with Crippen LogP contribution in [-0.2, 0) is 24.3 Å². The summed E-state index contributed by atoms with van der Waals surface area (Å²) in [7, 11) is 0. The molecule has 4 rings (SSSR count). The highest BCUT2D eigenvalue weighted by Crippen LogP contribution is 2.12. The molecule has 3 aromatic heterocycles. The molecule has 0 fully saturated rings. The van der Waals surface area contributed by atoms with E-state index in [1.54, 1.807) is 25.5 Å². The van der Waals surface area contributed by atoms with Crippen molar-refractivity contribution in [3.63, 3.8) is 0 Å². The standard InChI is InChI=1S/C22H23N7O2.3H2/c1-15-11-26-21(24-9-7-18-4-2-3-8-23-18)22(31)29(15)14-20(30)25-12-16-5-6-19-17(10-16)13-27-28-19;;;/h2-6,8,10-11,13H,7,9,12,14H2,1H3,(H,24,26)(H,25,30)(H,27,28);3*1H. The molecule has 0 aliphatic carbocycles. The van der Waals surface area contributed by atoms with Crippen LogP contribution >= 0.6 is 0 Å². The highest BCUT2D eigenvalue weighted by Gasteiger charge is 2.12. The number of pyridine rings is 1. The van der Waals surface area contributed by atoms with Gasteiger partial charge in [0.25, 0.3) is 5.56 Å². The van der Waals surface area contributed by atoms with Crippen molar-refractivity contribution in [2.75, 3.05) is 11.9 Å². The average Bonchev–Trinajstić information content (AvgIpc) is 3.25. The summed E-state index contributed by atoms with van der Waals surface area (Å²) >= 11 is 0. The number of nitrogens with zero attached hydrogens (tertiary/aromatic N) is 4. The van der Waals surface area contributed by atoms with Gasteiger partial charge in [-0.2, -0.15) is 5.10 Å². The highest BCUT2D eigenvalue weighted by atomic mass is 16.2. The molecule has 4 aromatic rings. The topological polar surface area (TPSA) is 118 Å². The van der Waals surface area contributed by atoms with Crippen molar-refractivity contribution >= 4 is 22.6 Å². The van der Waals surface area contributed by atoms with Crippen LogP contribution in [0.25, 0.3) is 10.9 Å². The number of hydrogen-bond donors (Lipinski definition) is 3. The summed E-state index contributed by atoms with van der Waals surface area (Å²) in [4.78, 5) is 33.7. The van der Waals surface area contributed by atoms with Crippen molar-refractivity contribution in [3.8, 4) is 0 Å². The predicted molar refractivity (Wildman–Crippen MR) is 124 cm³/mol. The lowest BCUT2D eigenvalue weighted by Gasteiger charge is -2.12. The first-order chi connectivity index (χ1) is 15.1. The van der Waals surface area contributed by atoms with Crippen molar-refractivity contribution in [2.24, 2.45) is 0 Å². The maximum Gasteiger partial charge on any atom is 0.293 e. The van der Waals surface area contributed by atoms with Crippen molar-refractivity contribution in [2.45, 2.75) is 26.4 Å². The van der Waals surface area contributed by atoms with Crippen LogP contribution < -0.4 is 16.2 Å². The van der Waals surface area contributed by atoms with Crippen LogP contribution in [0.1, 0.15) is 21.2 Å². The van der Waals surface area contributed by atoms with E-state index in [-0.39, 0.29) is 28.1 Å². The Labute approximate surface area is 183 Å². The Morgan fingerprint density at radius 3 is 2.94 bits per heavy atom.